The van der Waals surface area contributed by atoms with E-state index in [9.17, 15) is 8.42 Å². The van der Waals surface area contributed by atoms with Crippen molar-refractivity contribution in [3.8, 4) is 0 Å². The first-order valence-corrected chi connectivity index (χ1v) is 8.35. The van der Waals surface area contributed by atoms with Crippen LogP contribution in [0.2, 0.25) is 0 Å². The average molecular weight is 275 g/mol. The van der Waals surface area contributed by atoms with Crippen LogP contribution in [-0.4, -0.2) is 55.9 Å². The van der Waals surface area contributed by atoms with Crippen molar-refractivity contribution in [3.05, 3.63) is 0 Å². The van der Waals surface area contributed by atoms with Gasteiger partial charge >= 0.3 is 0 Å². The molecule has 2 fully saturated rings. The molecule has 6 heteroatoms. The van der Waals surface area contributed by atoms with Crippen molar-refractivity contribution in [3.63, 3.8) is 0 Å². The zero-order chi connectivity index (χ0) is 13.3. The van der Waals surface area contributed by atoms with Gasteiger partial charge in [-0.15, -0.1) is 0 Å². The van der Waals surface area contributed by atoms with Crippen molar-refractivity contribution in [2.45, 2.75) is 57.7 Å². The number of nitrogens with zero attached hydrogens (tertiary/aromatic N) is 2. The van der Waals surface area contributed by atoms with Crippen LogP contribution in [0.25, 0.3) is 0 Å². The second-order valence-electron chi connectivity index (χ2n) is 5.73. The lowest BCUT2D eigenvalue weighted by Gasteiger charge is -2.33. The summed E-state index contributed by atoms with van der Waals surface area (Å²) in [5.41, 5.74) is 0. The van der Waals surface area contributed by atoms with Crippen LogP contribution < -0.4 is 4.72 Å². The summed E-state index contributed by atoms with van der Waals surface area (Å²) in [5.74, 6) is 0. The molecule has 0 aliphatic carbocycles. The molecule has 0 radical (unpaired) electrons. The van der Waals surface area contributed by atoms with Gasteiger partial charge in [0.1, 0.15) is 0 Å². The molecule has 106 valence electrons. The van der Waals surface area contributed by atoms with Gasteiger partial charge in [-0.3, -0.25) is 4.90 Å². The quantitative estimate of drug-likeness (QED) is 0.825. The van der Waals surface area contributed by atoms with Crippen LogP contribution in [0.3, 0.4) is 0 Å². The monoisotopic (exact) mass is 275 g/mol. The zero-order valence-electron chi connectivity index (χ0n) is 11.6. The summed E-state index contributed by atoms with van der Waals surface area (Å²) in [5, 5.41) is 0. The Balaban J connectivity index is 2.01. The number of hydrogen-bond donors (Lipinski definition) is 1. The summed E-state index contributed by atoms with van der Waals surface area (Å²) in [6.07, 6.45) is 4.54. The summed E-state index contributed by atoms with van der Waals surface area (Å²) in [7, 11) is -1.70. The largest absolute Gasteiger partial charge is 0.299 e. The molecule has 0 aromatic rings. The van der Waals surface area contributed by atoms with Crippen LogP contribution in [0.1, 0.15) is 39.5 Å². The molecule has 2 saturated heterocycles. The van der Waals surface area contributed by atoms with Crippen LogP contribution in [-0.2, 0) is 10.2 Å². The lowest BCUT2D eigenvalue weighted by molar-refractivity contribution is 0.185. The summed E-state index contributed by atoms with van der Waals surface area (Å²) in [6.45, 7) is 5.94. The number of fused-ring (bicyclic) bond motifs is 1. The van der Waals surface area contributed by atoms with E-state index in [2.05, 4.69) is 9.62 Å². The van der Waals surface area contributed by atoms with Crippen molar-refractivity contribution in [1.29, 1.82) is 0 Å². The highest BCUT2D eigenvalue weighted by atomic mass is 32.2. The third-order valence-electron chi connectivity index (χ3n) is 4.26. The molecule has 2 atom stereocenters. The average Bonchev–Trinajstić information content (AvgIpc) is 2.71. The highest BCUT2D eigenvalue weighted by Crippen LogP contribution is 2.27. The summed E-state index contributed by atoms with van der Waals surface area (Å²) >= 11 is 0. The first-order chi connectivity index (χ1) is 8.42. The minimum absolute atomic E-state index is 0.00800. The van der Waals surface area contributed by atoms with E-state index >= 15 is 0 Å². The smallest absolute Gasteiger partial charge is 0.279 e. The standard InChI is InChI=1S/C12H25N3O2S/c1-10(2)14(3)18(16,17)13-11-7-9-15-8-5-4-6-12(11)15/h10-13H,4-9H2,1-3H3. The summed E-state index contributed by atoms with van der Waals surface area (Å²) in [6, 6.07) is 0.497. The van der Waals surface area contributed by atoms with Crippen molar-refractivity contribution in [2.75, 3.05) is 20.1 Å². The Bertz CT molecular complexity index is 383. The van der Waals surface area contributed by atoms with E-state index in [4.69, 9.17) is 0 Å². The van der Waals surface area contributed by atoms with Gasteiger partial charge in [0.25, 0.3) is 10.2 Å². The van der Waals surface area contributed by atoms with E-state index < -0.39 is 10.2 Å². The molecule has 0 spiro atoms. The predicted molar refractivity (Wildman–Crippen MR) is 72.6 cm³/mol. The van der Waals surface area contributed by atoms with E-state index in [1.165, 1.54) is 17.1 Å². The molecule has 0 aromatic carbocycles. The van der Waals surface area contributed by atoms with Gasteiger partial charge in [-0.25, -0.2) is 0 Å². The third-order valence-corrected chi connectivity index (χ3v) is 6.04. The fourth-order valence-electron chi connectivity index (χ4n) is 2.94. The van der Waals surface area contributed by atoms with E-state index in [1.807, 2.05) is 13.8 Å². The maximum absolute atomic E-state index is 12.2. The van der Waals surface area contributed by atoms with Gasteiger partial charge in [-0.05, 0) is 39.7 Å². The highest BCUT2D eigenvalue weighted by Gasteiger charge is 2.38. The van der Waals surface area contributed by atoms with E-state index in [1.54, 1.807) is 7.05 Å². The van der Waals surface area contributed by atoms with E-state index in [-0.39, 0.29) is 12.1 Å². The van der Waals surface area contributed by atoms with E-state index in [0.29, 0.717) is 6.04 Å². The van der Waals surface area contributed by atoms with Crippen LogP contribution in [0.5, 0.6) is 0 Å². The van der Waals surface area contributed by atoms with Gasteiger partial charge in [0, 0.05) is 31.7 Å². The highest BCUT2D eigenvalue weighted by molar-refractivity contribution is 7.87. The molecule has 2 aliphatic heterocycles. The second kappa shape index (κ2) is 5.45. The Morgan fingerprint density at radius 2 is 1.94 bits per heavy atom. The molecule has 0 bridgehead atoms. The zero-order valence-corrected chi connectivity index (χ0v) is 12.4. The SMILES string of the molecule is CC(C)N(C)S(=O)(=O)NC1CCN2CCCCC12. The fraction of sp³-hybridized carbons (Fsp3) is 1.00. The molecule has 18 heavy (non-hydrogen) atoms. The van der Waals surface area contributed by atoms with Gasteiger partial charge < -0.3 is 0 Å². The van der Waals surface area contributed by atoms with Crippen molar-refractivity contribution < 1.29 is 8.42 Å². The van der Waals surface area contributed by atoms with Crippen molar-refractivity contribution in [2.24, 2.45) is 0 Å². The number of piperidine rings is 1. The van der Waals surface area contributed by atoms with Gasteiger partial charge in [0.15, 0.2) is 0 Å². The molecule has 2 rings (SSSR count). The maximum Gasteiger partial charge on any atom is 0.279 e. The minimum atomic E-state index is -3.34. The second-order valence-corrected chi connectivity index (χ2v) is 7.49. The summed E-state index contributed by atoms with van der Waals surface area (Å²) < 4.78 is 28.7. The molecular formula is C12H25N3O2S. The topological polar surface area (TPSA) is 52.7 Å². The van der Waals surface area contributed by atoms with Gasteiger partial charge in [0.2, 0.25) is 0 Å². The predicted octanol–water partition coefficient (Wildman–Crippen LogP) is 0.788. The number of nitrogens with one attached hydrogen (secondary N) is 1. The molecule has 2 aliphatic rings. The Labute approximate surface area is 111 Å². The Morgan fingerprint density at radius 1 is 1.22 bits per heavy atom. The van der Waals surface area contributed by atoms with Crippen molar-refractivity contribution >= 4 is 10.2 Å². The molecule has 0 amide bonds. The number of rotatable bonds is 4. The molecule has 1 N–H and O–H groups in total. The Hall–Kier alpha value is -0.170. The minimum Gasteiger partial charge on any atom is -0.299 e. The number of hydrogen-bond acceptors (Lipinski definition) is 3. The first-order valence-electron chi connectivity index (χ1n) is 6.91. The Morgan fingerprint density at radius 3 is 2.61 bits per heavy atom. The summed E-state index contributed by atoms with van der Waals surface area (Å²) in [4.78, 5) is 2.44. The van der Waals surface area contributed by atoms with Gasteiger partial charge in [-0.1, -0.05) is 6.42 Å². The molecular weight excluding hydrogens is 250 g/mol. The van der Waals surface area contributed by atoms with Gasteiger partial charge in [-0.2, -0.15) is 17.4 Å². The molecule has 0 aromatic heterocycles. The normalized spacial score (nSPS) is 30.1. The first kappa shape index (κ1) is 14.2. The van der Waals surface area contributed by atoms with Crippen LogP contribution >= 0.6 is 0 Å². The molecule has 0 saturated carbocycles. The maximum atomic E-state index is 12.2. The molecule has 2 unspecified atom stereocenters. The van der Waals surface area contributed by atoms with E-state index in [0.717, 1.165) is 25.9 Å². The van der Waals surface area contributed by atoms with Crippen LogP contribution in [0.15, 0.2) is 0 Å². The molecule has 2 heterocycles. The van der Waals surface area contributed by atoms with Gasteiger partial charge in [0.05, 0.1) is 0 Å². The lowest BCUT2D eigenvalue weighted by atomic mass is 10.00. The fourth-order valence-corrected chi connectivity index (χ4v) is 4.32. The van der Waals surface area contributed by atoms with Crippen molar-refractivity contribution in [1.82, 2.24) is 13.9 Å². The van der Waals surface area contributed by atoms with Crippen LogP contribution in [0.4, 0.5) is 0 Å². The Kier molecular flexibility index (Phi) is 4.31. The lowest BCUT2D eigenvalue weighted by Crippen LogP contribution is -2.51. The molecule has 5 nitrogen and oxygen atoms in total. The third kappa shape index (κ3) is 2.87. The van der Waals surface area contributed by atoms with Crippen LogP contribution in [0, 0.1) is 0 Å².